The van der Waals surface area contributed by atoms with Crippen molar-refractivity contribution in [2.75, 3.05) is 38.2 Å². The maximum Gasteiger partial charge on any atom is 0.314 e. The first-order valence-corrected chi connectivity index (χ1v) is 8.89. The molecule has 0 aromatic carbocycles. The summed E-state index contributed by atoms with van der Waals surface area (Å²) in [5, 5.41) is 10.8. The van der Waals surface area contributed by atoms with Gasteiger partial charge in [-0.2, -0.15) is 0 Å². The highest BCUT2D eigenvalue weighted by molar-refractivity contribution is 7.10. The molecule has 0 saturated carbocycles. The lowest BCUT2D eigenvalue weighted by molar-refractivity contribution is -0.136. The number of hydrogen-bond acceptors (Lipinski definition) is 7. The minimum atomic E-state index is -0.764. The molecule has 3 heterocycles. The van der Waals surface area contributed by atoms with E-state index in [1.807, 2.05) is 17.5 Å². The third-order valence-electron chi connectivity index (χ3n) is 3.89. The van der Waals surface area contributed by atoms with Gasteiger partial charge in [0.25, 0.3) is 0 Å². The maximum atomic E-state index is 12.1. The zero-order chi connectivity index (χ0) is 17.6. The molecule has 3 rings (SSSR count). The van der Waals surface area contributed by atoms with Crippen LogP contribution in [0.3, 0.4) is 0 Å². The molecular formula is C16H20N4O4S. The summed E-state index contributed by atoms with van der Waals surface area (Å²) in [4.78, 5) is 27.5. The molecule has 0 radical (unpaired) electrons. The summed E-state index contributed by atoms with van der Waals surface area (Å²) in [6.45, 7) is 4.98. The number of rotatable bonds is 5. The van der Waals surface area contributed by atoms with Crippen molar-refractivity contribution >= 4 is 29.0 Å². The van der Waals surface area contributed by atoms with Crippen molar-refractivity contribution in [3.05, 3.63) is 34.2 Å². The number of carbonyl (C=O) groups is 2. The normalized spacial score (nSPS) is 16.4. The monoisotopic (exact) mass is 364 g/mol. The van der Waals surface area contributed by atoms with E-state index in [0.717, 1.165) is 18.0 Å². The van der Waals surface area contributed by atoms with Crippen LogP contribution >= 0.6 is 11.3 Å². The topological polar surface area (TPSA) is 96.7 Å². The first kappa shape index (κ1) is 17.6. The second kappa shape index (κ2) is 8.24. The maximum absolute atomic E-state index is 12.1. The molecule has 134 valence electrons. The van der Waals surface area contributed by atoms with Gasteiger partial charge in [0.15, 0.2) is 5.82 Å². The number of nitrogens with zero attached hydrogens (tertiary/aromatic N) is 2. The van der Waals surface area contributed by atoms with E-state index in [9.17, 15) is 9.59 Å². The van der Waals surface area contributed by atoms with Crippen molar-refractivity contribution in [1.82, 2.24) is 15.4 Å². The van der Waals surface area contributed by atoms with Crippen LogP contribution in [-0.4, -0.2) is 54.7 Å². The Bertz CT molecular complexity index is 710. The van der Waals surface area contributed by atoms with Gasteiger partial charge in [-0.25, -0.2) is 0 Å². The fraction of sp³-hybridized carbons (Fsp3) is 0.438. The highest BCUT2D eigenvalue weighted by atomic mass is 32.1. The molecule has 0 spiro atoms. The zero-order valence-electron chi connectivity index (χ0n) is 13.9. The molecule has 0 aliphatic carbocycles. The number of ether oxygens (including phenoxy) is 1. The van der Waals surface area contributed by atoms with Crippen molar-refractivity contribution in [2.45, 2.75) is 13.0 Å². The molecular weight excluding hydrogens is 344 g/mol. The molecule has 1 aliphatic rings. The molecule has 25 heavy (non-hydrogen) atoms. The predicted octanol–water partition coefficient (Wildman–Crippen LogP) is 1.17. The second-order valence-electron chi connectivity index (χ2n) is 5.67. The Hall–Kier alpha value is -2.23. The average molecular weight is 364 g/mol. The number of nitrogens with one attached hydrogen (secondary N) is 2. The van der Waals surface area contributed by atoms with E-state index >= 15 is 0 Å². The lowest BCUT2D eigenvalue weighted by Gasteiger charge is -2.34. The summed E-state index contributed by atoms with van der Waals surface area (Å²) in [6.07, 6.45) is 0. The van der Waals surface area contributed by atoms with Gasteiger partial charge < -0.3 is 14.6 Å². The summed E-state index contributed by atoms with van der Waals surface area (Å²) < 4.78 is 10.3. The van der Waals surface area contributed by atoms with Gasteiger partial charge in [0, 0.05) is 30.6 Å². The smallest absolute Gasteiger partial charge is 0.314 e. The Morgan fingerprint density at radius 3 is 2.80 bits per heavy atom. The van der Waals surface area contributed by atoms with Crippen molar-refractivity contribution in [2.24, 2.45) is 0 Å². The molecule has 1 saturated heterocycles. The van der Waals surface area contributed by atoms with Crippen LogP contribution in [-0.2, 0) is 14.3 Å². The number of aryl methyl sites for hydroxylation is 1. The number of thiophene rings is 1. The van der Waals surface area contributed by atoms with Crippen LogP contribution in [0.25, 0.3) is 0 Å². The van der Waals surface area contributed by atoms with Gasteiger partial charge >= 0.3 is 11.8 Å². The van der Waals surface area contributed by atoms with E-state index in [-0.39, 0.29) is 11.9 Å². The second-order valence-corrected chi connectivity index (χ2v) is 6.65. The fourth-order valence-corrected chi connectivity index (χ4v) is 3.51. The van der Waals surface area contributed by atoms with Crippen molar-refractivity contribution in [1.29, 1.82) is 0 Å². The molecule has 1 aliphatic heterocycles. The first-order chi connectivity index (χ1) is 12.1. The lowest BCUT2D eigenvalue weighted by Crippen LogP contribution is -2.45. The summed E-state index contributed by atoms with van der Waals surface area (Å²) in [5.74, 6) is -0.683. The molecule has 2 aromatic rings. The Morgan fingerprint density at radius 2 is 2.16 bits per heavy atom. The molecule has 1 fully saturated rings. The van der Waals surface area contributed by atoms with Crippen LogP contribution in [0.1, 0.15) is 16.7 Å². The number of morpholine rings is 1. The van der Waals surface area contributed by atoms with Gasteiger partial charge in [0.2, 0.25) is 0 Å². The third kappa shape index (κ3) is 4.65. The molecule has 8 nitrogen and oxygen atoms in total. The molecule has 9 heteroatoms. The number of hydrogen-bond donors (Lipinski definition) is 2. The number of amides is 2. The van der Waals surface area contributed by atoms with E-state index in [4.69, 9.17) is 9.26 Å². The van der Waals surface area contributed by atoms with Crippen molar-refractivity contribution < 1.29 is 18.8 Å². The molecule has 1 atom stereocenters. The summed E-state index contributed by atoms with van der Waals surface area (Å²) in [7, 11) is 0. The highest BCUT2D eigenvalue weighted by Crippen LogP contribution is 2.25. The van der Waals surface area contributed by atoms with Crippen molar-refractivity contribution in [3.8, 4) is 0 Å². The number of aromatic nitrogens is 1. The largest absolute Gasteiger partial charge is 0.379 e. The van der Waals surface area contributed by atoms with Crippen LogP contribution in [0.2, 0.25) is 0 Å². The average Bonchev–Trinajstić information content (AvgIpc) is 3.28. The Morgan fingerprint density at radius 1 is 1.36 bits per heavy atom. The van der Waals surface area contributed by atoms with Gasteiger partial charge in [-0.1, -0.05) is 11.2 Å². The van der Waals surface area contributed by atoms with E-state index in [1.165, 1.54) is 0 Å². The Kier molecular flexibility index (Phi) is 5.79. The van der Waals surface area contributed by atoms with Crippen LogP contribution in [0.4, 0.5) is 5.82 Å². The van der Waals surface area contributed by atoms with E-state index in [2.05, 4.69) is 20.7 Å². The number of anilines is 1. The zero-order valence-corrected chi connectivity index (χ0v) is 14.7. The number of carbonyl (C=O) groups excluding carboxylic acids is 2. The standard InChI is InChI=1S/C16H20N4O4S/c1-11-9-14(19-24-11)18-16(22)15(21)17-10-12(13-3-2-8-25-13)20-4-6-23-7-5-20/h2-3,8-9,12H,4-7,10H2,1H3,(H,17,21)(H,18,19,22). The van der Waals surface area contributed by atoms with Crippen LogP contribution in [0.15, 0.2) is 28.1 Å². The van der Waals surface area contributed by atoms with Crippen molar-refractivity contribution in [3.63, 3.8) is 0 Å². The van der Waals surface area contributed by atoms with Gasteiger partial charge in [-0.3, -0.25) is 19.8 Å². The van der Waals surface area contributed by atoms with Gasteiger partial charge in [0.1, 0.15) is 5.76 Å². The quantitative estimate of drug-likeness (QED) is 0.773. The highest BCUT2D eigenvalue weighted by Gasteiger charge is 2.25. The summed E-state index contributed by atoms with van der Waals surface area (Å²) in [6, 6.07) is 5.59. The lowest BCUT2D eigenvalue weighted by atomic mass is 10.2. The molecule has 0 bridgehead atoms. The molecule has 2 N–H and O–H groups in total. The van der Waals surface area contributed by atoms with E-state index in [0.29, 0.717) is 25.5 Å². The molecule has 2 amide bonds. The summed E-state index contributed by atoms with van der Waals surface area (Å²) in [5.41, 5.74) is 0. The molecule has 1 unspecified atom stereocenters. The predicted molar refractivity (Wildman–Crippen MR) is 92.3 cm³/mol. The SMILES string of the molecule is Cc1cc(NC(=O)C(=O)NCC(c2cccs2)N2CCOCC2)no1. The van der Waals surface area contributed by atoms with Crippen LogP contribution in [0.5, 0.6) is 0 Å². The van der Waals surface area contributed by atoms with Gasteiger partial charge in [-0.15, -0.1) is 11.3 Å². The Labute approximate surface area is 149 Å². The Balaban J connectivity index is 1.58. The third-order valence-corrected chi connectivity index (χ3v) is 4.86. The van der Waals surface area contributed by atoms with Gasteiger partial charge in [0.05, 0.1) is 19.3 Å². The van der Waals surface area contributed by atoms with Gasteiger partial charge in [-0.05, 0) is 18.4 Å². The van der Waals surface area contributed by atoms with Crippen LogP contribution < -0.4 is 10.6 Å². The van der Waals surface area contributed by atoms with E-state index in [1.54, 1.807) is 24.3 Å². The van der Waals surface area contributed by atoms with E-state index < -0.39 is 11.8 Å². The summed E-state index contributed by atoms with van der Waals surface area (Å²) >= 11 is 1.63. The minimum absolute atomic E-state index is 0.0231. The van der Waals surface area contributed by atoms with Crippen LogP contribution in [0, 0.1) is 6.92 Å². The fourth-order valence-electron chi connectivity index (χ4n) is 2.65. The minimum Gasteiger partial charge on any atom is -0.379 e. The molecule has 2 aromatic heterocycles. The first-order valence-electron chi connectivity index (χ1n) is 8.01.